The van der Waals surface area contributed by atoms with E-state index in [1.165, 1.54) is 12.0 Å². The topological polar surface area (TPSA) is 20.2 Å². The summed E-state index contributed by atoms with van der Waals surface area (Å²) in [5.41, 5.74) is 1.76. The zero-order valence-corrected chi connectivity index (χ0v) is 12.8. The second kappa shape index (κ2) is 5.66. The van der Waals surface area contributed by atoms with Gasteiger partial charge in [0.05, 0.1) is 6.10 Å². The quantitative estimate of drug-likeness (QED) is 0.819. The molecule has 1 heteroatoms. The molecule has 1 aliphatic carbocycles. The highest BCUT2D eigenvalue weighted by atomic mass is 16.3. The molecule has 2 rings (SSSR count). The highest BCUT2D eigenvalue weighted by Gasteiger charge is 2.43. The van der Waals surface area contributed by atoms with Gasteiger partial charge in [0.15, 0.2) is 0 Å². The minimum Gasteiger partial charge on any atom is -0.393 e. The summed E-state index contributed by atoms with van der Waals surface area (Å²) in [5.74, 6) is 1.69. The molecule has 1 nitrogen and oxygen atoms in total. The Kier molecular flexibility index (Phi) is 4.35. The van der Waals surface area contributed by atoms with Crippen LogP contribution in [-0.2, 0) is 0 Å². The monoisotopic (exact) mass is 260 g/mol. The van der Waals surface area contributed by atoms with E-state index in [0.29, 0.717) is 23.2 Å². The summed E-state index contributed by atoms with van der Waals surface area (Å²) in [6, 6.07) is 10.6. The number of benzene rings is 1. The summed E-state index contributed by atoms with van der Waals surface area (Å²) in [6.45, 7) is 9.10. The van der Waals surface area contributed by atoms with Crippen molar-refractivity contribution in [3.8, 4) is 0 Å². The van der Waals surface area contributed by atoms with Crippen LogP contribution in [0, 0.1) is 17.3 Å². The van der Waals surface area contributed by atoms with Crippen molar-refractivity contribution in [3.05, 3.63) is 35.9 Å². The fourth-order valence-electron chi connectivity index (χ4n) is 3.44. The molecule has 1 saturated carbocycles. The maximum atomic E-state index is 10.4. The third kappa shape index (κ3) is 4.35. The maximum absolute atomic E-state index is 10.4. The Labute approximate surface area is 118 Å². The molecule has 1 N–H and O–H groups in total. The minimum atomic E-state index is -0.123. The second-order valence-electron chi connectivity index (χ2n) is 7.59. The molecule has 106 valence electrons. The van der Waals surface area contributed by atoms with Gasteiger partial charge in [-0.2, -0.15) is 0 Å². The van der Waals surface area contributed by atoms with Crippen LogP contribution in [0.15, 0.2) is 30.3 Å². The van der Waals surface area contributed by atoms with Gasteiger partial charge in [0.2, 0.25) is 0 Å². The molecule has 0 spiro atoms. The number of aliphatic hydroxyl groups is 1. The first kappa shape index (κ1) is 14.6. The average molecular weight is 260 g/mol. The standard InChI is InChI=1S/C18H28O/c1-13(12-18(2,3)4)10-17(19)16-11-15(16)14-8-6-5-7-9-14/h5-9,13,15-17,19H,10-12H2,1-4H3. The summed E-state index contributed by atoms with van der Waals surface area (Å²) in [6.07, 6.45) is 3.17. The van der Waals surface area contributed by atoms with Crippen molar-refractivity contribution in [2.24, 2.45) is 17.3 Å². The van der Waals surface area contributed by atoms with Gasteiger partial charge in [0.25, 0.3) is 0 Å². The van der Waals surface area contributed by atoms with Crippen LogP contribution < -0.4 is 0 Å². The fourth-order valence-corrected chi connectivity index (χ4v) is 3.44. The van der Waals surface area contributed by atoms with E-state index in [0.717, 1.165) is 12.8 Å². The number of hydrogen-bond donors (Lipinski definition) is 1. The van der Waals surface area contributed by atoms with Gasteiger partial charge in [-0.05, 0) is 48.0 Å². The lowest BCUT2D eigenvalue weighted by molar-refractivity contribution is 0.111. The summed E-state index contributed by atoms with van der Waals surface area (Å²) >= 11 is 0. The van der Waals surface area contributed by atoms with Crippen LogP contribution >= 0.6 is 0 Å². The molecule has 0 bridgehead atoms. The van der Waals surface area contributed by atoms with Crippen LogP contribution in [0.1, 0.15) is 58.4 Å². The zero-order chi connectivity index (χ0) is 14.0. The molecular weight excluding hydrogens is 232 g/mol. The largest absolute Gasteiger partial charge is 0.393 e. The SMILES string of the molecule is CC(CC(O)C1CC1c1ccccc1)CC(C)(C)C. The van der Waals surface area contributed by atoms with E-state index < -0.39 is 0 Å². The number of rotatable bonds is 5. The Morgan fingerprint density at radius 3 is 2.42 bits per heavy atom. The molecule has 0 saturated heterocycles. The van der Waals surface area contributed by atoms with E-state index in [1.807, 2.05) is 0 Å². The van der Waals surface area contributed by atoms with Crippen molar-refractivity contribution >= 4 is 0 Å². The molecule has 0 aromatic heterocycles. The van der Waals surface area contributed by atoms with Gasteiger partial charge in [-0.25, -0.2) is 0 Å². The van der Waals surface area contributed by atoms with Crippen molar-refractivity contribution in [2.45, 2.75) is 59.0 Å². The third-order valence-electron chi connectivity index (χ3n) is 4.17. The molecule has 0 aliphatic heterocycles. The highest BCUT2D eigenvalue weighted by molar-refractivity contribution is 5.26. The molecule has 0 heterocycles. The van der Waals surface area contributed by atoms with Crippen LogP contribution in [0.5, 0.6) is 0 Å². The maximum Gasteiger partial charge on any atom is 0.0577 e. The number of hydrogen-bond acceptors (Lipinski definition) is 1. The van der Waals surface area contributed by atoms with Gasteiger partial charge in [-0.1, -0.05) is 58.0 Å². The molecule has 0 amide bonds. The van der Waals surface area contributed by atoms with Gasteiger partial charge < -0.3 is 5.11 Å². The summed E-state index contributed by atoms with van der Waals surface area (Å²) in [7, 11) is 0. The Morgan fingerprint density at radius 2 is 1.84 bits per heavy atom. The molecule has 4 unspecified atom stereocenters. The van der Waals surface area contributed by atoms with Crippen molar-refractivity contribution < 1.29 is 5.11 Å². The molecule has 1 fully saturated rings. The lowest BCUT2D eigenvalue weighted by atomic mass is 9.82. The second-order valence-corrected chi connectivity index (χ2v) is 7.59. The van der Waals surface area contributed by atoms with Crippen LogP contribution in [0.25, 0.3) is 0 Å². The lowest BCUT2D eigenvalue weighted by Crippen LogP contribution is -2.19. The predicted molar refractivity (Wildman–Crippen MR) is 81.1 cm³/mol. The van der Waals surface area contributed by atoms with Gasteiger partial charge in [0.1, 0.15) is 0 Å². The van der Waals surface area contributed by atoms with Gasteiger partial charge >= 0.3 is 0 Å². The Hall–Kier alpha value is -0.820. The van der Waals surface area contributed by atoms with Crippen molar-refractivity contribution in [2.75, 3.05) is 0 Å². The van der Waals surface area contributed by atoms with E-state index in [1.54, 1.807) is 0 Å². The number of aliphatic hydroxyl groups excluding tert-OH is 1. The fraction of sp³-hybridized carbons (Fsp3) is 0.667. The normalized spacial score (nSPS) is 25.9. The predicted octanol–water partition coefficient (Wildman–Crippen LogP) is 4.61. The first-order valence-electron chi connectivity index (χ1n) is 7.60. The highest BCUT2D eigenvalue weighted by Crippen LogP contribution is 2.50. The van der Waals surface area contributed by atoms with E-state index in [2.05, 4.69) is 58.0 Å². The van der Waals surface area contributed by atoms with Crippen LogP contribution in [0.2, 0.25) is 0 Å². The Morgan fingerprint density at radius 1 is 1.21 bits per heavy atom. The molecular formula is C18H28O. The first-order valence-corrected chi connectivity index (χ1v) is 7.60. The van der Waals surface area contributed by atoms with Gasteiger partial charge in [-0.3, -0.25) is 0 Å². The molecule has 1 aromatic carbocycles. The molecule has 0 radical (unpaired) electrons. The molecule has 4 atom stereocenters. The summed E-state index contributed by atoms with van der Waals surface area (Å²) < 4.78 is 0. The lowest BCUT2D eigenvalue weighted by Gasteiger charge is -2.25. The summed E-state index contributed by atoms with van der Waals surface area (Å²) in [5, 5.41) is 10.4. The van der Waals surface area contributed by atoms with E-state index in [4.69, 9.17) is 0 Å². The zero-order valence-electron chi connectivity index (χ0n) is 12.8. The van der Waals surface area contributed by atoms with E-state index in [9.17, 15) is 5.11 Å². The van der Waals surface area contributed by atoms with E-state index >= 15 is 0 Å². The smallest absolute Gasteiger partial charge is 0.0577 e. The van der Waals surface area contributed by atoms with Crippen LogP contribution in [0.3, 0.4) is 0 Å². The van der Waals surface area contributed by atoms with Crippen molar-refractivity contribution in [1.29, 1.82) is 0 Å². The van der Waals surface area contributed by atoms with Crippen LogP contribution in [-0.4, -0.2) is 11.2 Å². The Balaban J connectivity index is 1.81. The van der Waals surface area contributed by atoms with Crippen molar-refractivity contribution in [1.82, 2.24) is 0 Å². The van der Waals surface area contributed by atoms with Gasteiger partial charge in [-0.15, -0.1) is 0 Å². The summed E-state index contributed by atoms with van der Waals surface area (Å²) in [4.78, 5) is 0. The minimum absolute atomic E-state index is 0.123. The van der Waals surface area contributed by atoms with Crippen LogP contribution in [0.4, 0.5) is 0 Å². The molecule has 1 aromatic rings. The Bertz CT molecular complexity index is 390. The third-order valence-corrected chi connectivity index (χ3v) is 4.17. The van der Waals surface area contributed by atoms with E-state index in [-0.39, 0.29) is 6.10 Å². The average Bonchev–Trinajstić information content (AvgIpc) is 3.07. The molecule has 1 aliphatic rings. The van der Waals surface area contributed by atoms with Crippen molar-refractivity contribution in [3.63, 3.8) is 0 Å². The first-order chi connectivity index (χ1) is 8.87. The molecule has 19 heavy (non-hydrogen) atoms. The van der Waals surface area contributed by atoms with Gasteiger partial charge in [0, 0.05) is 0 Å².